The Kier molecular flexibility index (Phi) is 5.46. The van der Waals surface area contributed by atoms with Crippen LogP contribution in [0.15, 0.2) is 63.7 Å². The maximum atomic E-state index is 12.0. The molecule has 2 aromatic carbocycles. The molecule has 1 amide bonds. The van der Waals surface area contributed by atoms with E-state index in [1.54, 1.807) is 30.3 Å². The summed E-state index contributed by atoms with van der Waals surface area (Å²) in [7, 11) is 0. The highest BCUT2D eigenvalue weighted by molar-refractivity contribution is 9.10. The molecule has 0 unspecified atom stereocenters. The molecule has 1 heterocycles. The number of benzene rings is 2. The standard InChI is InChI=1S/C19H12BrNO7/c20-16-8-7-15(28-16)17(22)21-10-1-3-11(4-2-10)27-12-5-6-13(18(23)24)14(9-12)19(25)26/h1-9H,(H,21,22)(H,23,24)(H,25,26). The number of nitrogens with one attached hydrogen (secondary N) is 1. The van der Waals surface area contributed by atoms with Crippen molar-refractivity contribution in [2.45, 2.75) is 0 Å². The van der Waals surface area contributed by atoms with Gasteiger partial charge in [-0.25, -0.2) is 9.59 Å². The predicted octanol–water partition coefficient (Wildman–Crippen LogP) is 4.48. The highest BCUT2D eigenvalue weighted by atomic mass is 79.9. The molecule has 0 atom stereocenters. The molecule has 0 saturated carbocycles. The third-order valence-corrected chi connectivity index (χ3v) is 4.02. The SMILES string of the molecule is O=C(Nc1ccc(Oc2ccc(C(=O)O)c(C(=O)O)c2)cc1)c1ccc(Br)o1. The number of ether oxygens (including phenoxy) is 1. The zero-order valence-electron chi connectivity index (χ0n) is 14.0. The Hall–Kier alpha value is -3.59. The fraction of sp³-hybridized carbons (Fsp3) is 0. The molecule has 0 fully saturated rings. The number of carboxylic acid groups (broad SMARTS) is 2. The number of halogens is 1. The summed E-state index contributed by atoms with van der Waals surface area (Å²) in [4.78, 5) is 34.3. The molecule has 0 bridgehead atoms. The maximum absolute atomic E-state index is 12.0. The number of furan rings is 1. The number of hydrogen-bond acceptors (Lipinski definition) is 5. The molecule has 0 spiro atoms. The van der Waals surface area contributed by atoms with Crippen LogP contribution in [0.2, 0.25) is 0 Å². The Morgan fingerprint density at radius 3 is 2.07 bits per heavy atom. The van der Waals surface area contributed by atoms with Gasteiger partial charge in [-0.3, -0.25) is 4.79 Å². The topological polar surface area (TPSA) is 126 Å². The maximum Gasteiger partial charge on any atom is 0.336 e. The highest BCUT2D eigenvalue weighted by Crippen LogP contribution is 2.26. The van der Waals surface area contributed by atoms with Crippen molar-refractivity contribution in [1.82, 2.24) is 0 Å². The van der Waals surface area contributed by atoms with Gasteiger partial charge in [-0.15, -0.1) is 0 Å². The molecular formula is C19H12BrNO7. The van der Waals surface area contributed by atoms with Crippen molar-refractivity contribution in [3.8, 4) is 11.5 Å². The lowest BCUT2D eigenvalue weighted by Gasteiger charge is -2.09. The average molecular weight is 446 g/mol. The van der Waals surface area contributed by atoms with Crippen LogP contribution in [0.4, 0.5) is 5.69 Å². The van der Waals surface area contributed by atoms with Gasteiger partial charge in [-0.2, -0.15) is 0 Å². The van der Waals surface area contributed by atoms with Crippen molar-refractivity contribution in [2.24, 2.45) is 0 Å². The number of carbonyl (C=O) groups is 3. The summed E-state index contributed by atoms with van der Waals surface area (Å²) in [6.45, 7) is 0. The second-order valence-corrected chi connectivity index (χ2v) is 6.28. The van der Waals surface area contributed by atoms with Gasteiger partial charge in [0.1, 0.15) is 11.5 Å². The minimum Gasteiger partial charge on any atom is -0.478 e. The number of amides is 1. The van der Waals surface area contributed by atoms with Crippen LogP contribution < -0.4 is 10.1 Å². The summed E-state index contributed by atoms with van der Waals surface area (Å²) >= 11 is 3.12. The van der Waals surface area contributed by atoms with Gasteiger partial charge in [-0.1, -0.05) is 0 Å². The quantitative estimate of drug-likeness (QED) is 0.510. The van der Waals surface area contributed by atoms with Gasteiger partial charge in [-0.05, 0) is 70.5 Å². The number of carbonyl (C=O) groups excluding carboxylic acids is 1. The second-order valence-electron chi connectivity index (χ2n) is 5.50. The van der Waals surface area contributed by atoms with Crippen LogP contribution in [0.1, 0.15) is 31.3 Å². The summed E-state index contributed by atoms with van der Waals surface area (Å²) in [5.74, 6) is -2.45. The lowest BCUT2D eigenvalue weighted by Crippen LogP contribution is -2.10. The predicted molar refractivity (Wildman–Crippen MR) is 101 cm³/mol. The number of rotatable bonds is 6. The van der Waals surface area contributed by atoms with Crippen LogP contribution in [0.5, 0.6) is 11.5 Å². The molecule has 28 heavy (non-hydrogen) atoms. The van der Waals surface area contributed by atoms with Crippen LogP contribution in [0.25, 0.3) is 0 Å². The number of carboxylic acids is 2. The Morgan fingerprint density at radius 2 is 1.50 bits per heavy atom. The van der Waals surface area contributed by atoms with Crippen LogP contribution in [-0.4, -0.2) is 28.1 Å². The van der Waals surface area contributed by atoms with E-state index in [0.717, 1.165) is 12.1 Å². The Morgan fingerprint density at radius 1 is 0.857 bits per heavy atom. The summed E-state index contributed by atoms with van der Waals surface area (Å²) in [6, 6.07) is 13.1. The molecule has 0 radical (unpaired) electrons. The van der Waals surface area contributed by atoms with E-state index >= 15 is 0 Å². The minimum atomic E-state index is -1.37. The van der Waals surface area contributed by atoms with Crippen molar-refractivity contribution in [3.05, 3.63) is 76.2 Å². The van der Waals surface area contributed by atoms with Crippen LogP contribution in [0, 0.1) is 0 Å². The van der Waals surface area contributed by atoms with Crippen LogP contribution >= 0.6 is 15.9 Å². The van der Waals surface area contributed by atoms with Crippen molar-refractivity contribution in [3.63, 3.8) is 0 Å². The van der Waals surface area contributed by atoms with Crippen LogP contribution in [-0.2, 0) is 0 Å². The van der Waals surface area contributed by atoms with Crippen molar-refractivity contribution in [1.29, 1.82) is 0 Å². The van der Waals surface area contributed by atoms with E-state index in [2.05, 4.69) is 21.2 Å². The van der Waals surface area contributed by atoms with Gasteiger partial charge >= 0.3 is 11.9 Å². The normalized spacial score (nSPS) is 10.3. The first-order valence-electron chi connectivity index (χ1n) is 7.79. The smallest absolute Gasteiger partial charge is 0.336 e. The molecular weight excluding hydrogens is 434 g/mol. The molecule has 0 aliphatic carbocycles. The first-order valence-corrected chi connectivity index (χ1v) is 8.58. The summed E-state index contributed by atoms with van der Waals surface area (Å²) in [5, 5.41) is 20.8. The fourth-order valence-corrected chi connectivity index (χ4v) is 2.63. The van der Waals surface area contributed by atoms with E-state index < -0.39 is 17.8 Å². The third-order valence-electron chi connectivity index (χ3n) is 3.60. The fourth-order valence-electron chi connectivity index (χ4n) is 2.32. The first kappa shape index (κ1) is 19.2. The van der Waals surface area contributed by atoms with E-state index in [9.17, 15) is 14.4 Å². The number of aromatic carboxylic acids is 2. The Bertz CT molecular complexity index is 1060. The summed E-state index contributed by atoms with van der Waals surface area (Å²) in [6.07, 6.45) is 0. The molecule has 0 aliphatic heterocycles. The number of anilines is 1. The lowest BCUT2D eigenvalue weighted by molar-refractivity contribution is 0.0651. The van der Waals surface area contributed by atoms with Gasteiger partial charge in [0.05, 0.1) is 11.1 Å². The molecule has 3 N–H and O–H groups in total. The molecule has 1 aromatic heterocycles. The zero-order chi connectivity index (χ0) is 20.3. The highest BCUT2D eigenvalue weighted by Gasteiger charge is 2.17. The minimum absolute atomic E-state index is 0.145. The number of hydrogen-bond donors (Lipinski definition) is 3. The first-order chi connectivity index (χ1) is 13.3. The largest absolute Gasteiger partial charge is 0.478 e. The summed E-state index contributed by atoms with van der Waals surface area (Å²) in [5.41, 5.74) is -0.210. The van der Waals surface area contributed by atoms with E-state index in [4.69, 9.17) is 19.4 Å². The molecule has 0 aliphatic rings. The monoisotopic (exact) mass is 445 g/mol. The molecule has 9 heteroatoms. The third kappa shape index (κ3) is 4.38. The molecule has 3 rings (SSSR count). The average Bonchev–Trinajstić information content (AvgIpc) is 3.09. The molecule has 142 valence electrons. The summed E-state index contributed by atoms with van der Waals surface area (Å²) < 4.78 is 11.2. The van der Waals surface area contributed by atoms with Gasteiger partial charge in [0.15, 0.2) is 10.4 Å². The van der Waals surface area contributed by atoms with Crippen molar-refractivity contribution >= 4 is 39.5 Å². The van der Waals surface area contributed by atoms with E-state index in [-0.39, 0.29) is 22.6 Å². The van der Waals surface area contributed by atoms with Gasteiger partial charge < -0.3 is 24.7 Å². The van der Waals surface area contributed by atoms with Crippen LogP contribution in [0.3, 0.4) is 0 Å². The van der Waals surface area contributed by atoms with Crippen molar-refractivity contribution in [2.75, 3.05) is 5.32 Å². The van der Waals surface area contributed by atoms with E-state index in [0.29, 0.717) is 16.1 Å². The molecule has 3 aromatic rings. The zero-order valence-corrected chi connectivity index (χ0v) is 15.6. The van der Waals surface area contributed by atoms with Gasteiger partial charge in [0.2, 0.25) is 0 Å². The Labute approximate surface area is 166 Å². The second kappa shape index (κ2) is 7.97. The van der Waals surface area contributed by atoms with Gasteiger partial charge in [0, 0.05) is 5.69 Å². The molecule has 8 nitrogen and oxygen atoms in total. The lowest BCUT2D eigenvalue weighted by atomic mass is 10.1. The van der Waals surface area contributed by atoms with E-state index in [1.165, 1.54) is 12.1 Å². The van der Waals surface area contributed by atoms with E-state index in [1.807, 2.05) is 0 Å². The Balaban J connectivity index is 1.72. The molecule has 0 saturated heterocycles. The van der Waals surface area contributed by atoms with Crippen molar-refractivity contribution < 1.29 is 33.8 Å². The van der Waals surface area contributed by atoms with Gasteiger partial charge in [0.25, 0.3) is 5.91 Å².